The zero-order chi connectivity index (χ0) is 12.8. The van der Waals surface area contributed by atoms with Crippen LogP contribution in [0.4, 0.5) is 0 Å². The lowest BCUT2D eigenvalue weighted by molar-refractivity contribution is 0.0999. The molecule has 0 saturated carbocycles. The van der Waals surface area contributed by atoms with Crippen LogP contribution in [0.15, 0.2) is 18.2 Å². The molecule has 0 aliphatic heterocycles. The number of carbonyl (C=O) groups is 1. The van der Waals surface area contributed by atoms with Gasteiger partial charge in [-0.3, -0.25) is 4.79 Å². The molecule has 1 rings (SSSR count). The van der Waals surface area contributed by atoms with Gasteiger partial charge in [0.2, 0.25) is 5.91 Å². The number of rotatable bonds is 6. The fourth-order valence-electron chi connectivity index (χ4n) is 1.82. The van der Waals surface area contributed by atoms with Crippen LogP contribution in [0, 0.1) is 0 Å². The molecule has 17 heavy (non-hydrogen) atoms. The van der Waals surface area contributed by atoms with Gasteiger partial charge < -0.3 is 15.4 Å². The van der Waals surface area contributed by atoms with Crippen molar-refractivity contribution in [3.63, 3.8) is 0 Å². The second-order valence-electron chi connectivity index (χ2n) is 4.26. The van der Waals surface area contributed by atoms with Gasteiger partial charge in [0, 0.05) is 11.1 Å². The first kappa shape index (κ1) is 13.5. The van der Waals surface area contributed by atoms with Gasteiger partial charge in [0.05, 0.1) is 7.11 Å². The Bertz CT molecular complexity index is 389. The van der Waals surface area contributed by atoms with E-state index in [0.29, 0.717) is 5.56 Å². The summed E-state index contributed by atoms with van der Waals surface area (Å²) in [6.07, 6.45) is 1.76. The highest BCUT2D eigenvalue weighted by atomic mass is 16.5. The van der Waals surface area contributed by atoms with E-state index < -0.39 is 5.91 Å². The number of amides is 1. The van der Waals surface area contributed by atoms with Crippen molar-refractivity contribution in [3.05, 3.63) is 29.3 Å². The number of hydrogen-bond acceptors (Lipinski definition) is 3. The maximum Gasteiger partial charge on any atom is 0.249 e. The molecule has 0 unspecified atom stereocenters. The first-order valence-corrected chi connectivity index (χ1v) is 5.66. The van der Waals surface area contributed by atoms with Gasteiger partial charge in [0.25, 0.3) is 0 Å². The van der Waals surface area contributed by atoms with Gasteiger partial charge in [-0.1, -0.05) is 6.07 Å². The summed E-state index contributed by atoms with van der Waals surface area (Å²) in [6, 6.07) is 5.39. The highest BCUT2D eigenvalue weighted by molar-refractivity contribution is 5.95. The van der Waals surface area contributed by atoms with E-state index >= 15 is 0 Å². The topological polar surface area (TPSA) is 55.6 Å². The van der Waals surface area contributed by atoms with Crippen LogP contribution < -0.4 is 10.5 Å². The standard InChI is InChI=1S/C13H20N2O2/c1-15(2)9-5-7-10-11(13(14)16)6-4-8-12(10)17-3/h4,6,8H,5,7,9H2,1-3H3,(H2,14,16). The molecule has 2 N–H and O–H groups in total. The largest absolute Gasteiger partial charge is 0.496 e. The number of benzene rings is 1. The Balaban J connectivity index is 2.89. The molecule has 4 heteroatoms. The van der Waals surface area contributed by atoms with E-state index in [4.69, 9.17) is 10.5 Å². The molecule has 0 spiro atoms. The number of methoxy groups -OCH3 is 1. The van der Waals surface area contributed by atoms with Gasteiger partial charge in [-0.15, -0.1) is 0 Å². The summed E-state index contributed by atoms with van der Waals surface area (Å²) >= 11 is 0. The lowest BCUT2D eigenvalue weighted by atomic mass is 10.0. The molecule has 0 aliphatic carbocycles. The van der Waals surface area contributed by atoms with E-state index in [2.05, 4.69) is 4.90 Å². The van der Waals surface area contributed by atoms with Gasteiger partial charge in [-0.2, -0.15) is 0 Å². The monoisotopic (exact) mass is 236 g/mol. The fourth-order valence-corrected chi connectivity index (χ4v) is 1.82. The SMILES string of the molecule is COc1cccc(C(N)=O)c1CCCN(C)C. The third-order valence-electron chi connectivity index (χ3n) is 2.65. The minimum absolute atomic E-state index is 0.399. The van der Waals surface area contributed by atoms with E-state index in [1.807, 2.05) is 20.2 Å². The molecular formula is C13H20N2O2. The van der Waals surface area contributed by atoms with E-state index in [1.54, 1.807) is 19.2 Å². The van der Waals surface area contributed by atoms with Crippen LogP contribution in [0.25, 0.3) is 0 Å². The van der Waals surface area contributed by atoms with Crippen LogP contribution in [0.2, 0.25) is 0 Å². The predicted octanol–water partition coefficient (Wildman–Crippen LogP) is 1.29. The summed E-state index contributed by atoms with van der Waals surface area (Å²) in [5, 5.41) is 0. The van der Waals surface area contributed by atoms with Gasteiger partial charge >= 0.3 is 0 Å². The summed E-state index contributed by atoms with van der Waals surface area (Å²) < 4.78 is 5.27. The lowest BCUT2D eigenvalue weighted by Gasteiger charge is -2.13. The Labute approximate surface area is 102 Å². The molecule has 4 nitrogen and oxygen atoms in total. The van der Waals surface area contributed by atoms with Crippen molar-refractivity contribution in [2.75, 3.05) is 27.7 Å². The molecule has 0 aliphatic rings. The molecule has 0 atom stereocenters. The zero-order valence-corrected chi connectivity index (χ0v) is 10.7. The highest BCUT2D eigenvalue weighted by Crippen LogP contribution is 2.23. The molecule has 0 heterocycles. The summed E-state index contributed by atoms with van der Waals surface area (Å²) in [7, 11) is 5.66. The smallest absolute Gasteiger partial charge is 0.249 e. The molecule has 0 bridgehead atoms. The summed E-state index contributed by atoms with van der Waals surface area (Å²) in [5.41, 5.74) is 6.83. The van der Waals surface area contributed by atoms with Crippen molar-refractivity contribution >= 4 is 5.91 Å². The molecule has 1 aromatic rings. The number of nitrogens with zero attached hydrogens (tertiary/aromatic N) is 1. The van der Waals surface area contributed by atoms with Crippen LogP contribution in [-0.2, 0) is 6.42 Å². The number of hydrogen-bond donors (Lipinski definition) is 1. The fraction of sp³-hybridized carbons (Fsp3) is 0.462. The van der Waals surface area contributed by atoms with E-state index in [0.717, 1.165) is 30.7 Å². The average molecular weight is 236 g/mol. The maximum atomic E-state index is 11.3. The van der Waals surface area contributed by atoms with Crippen LogP contribution in [0.3, 0.4) is 0 Å². The zero-order valence-electron chi connectivity index (χ0n) is 10.7. The number of carbonyl (C=O) groups excluding carboxylic acids is 1. The Morgan fingerprint density at radius 2 is 2.12 bits per heavy atom. The third-order valence-corrected chi connectivity index (χ3v) is 2.65. The first-order chi connectivity index (χ1) is 8.06. The Hall–Kier alpha value is -1.55. The Morgan fingerprint density at radius 3 is 2.65 bits per heavy atom. The van der Waals surface area contributed by atoms with Gasteiger partial charge in [0.1, 0.15) is 5.75 Å². The van der Waals surface area contributed by atoms with Gasteiger partial charge in [0.15, 0.2) is 0 Å². The summed E-state index contributed by atoms with van der Waals surface area (Å²) in [6.45, 7) is 0.969. The molecule has 94 valence electrons. The molecule has 1 aromatic carbocycles. The van der Waals surface area contributed by atoms with Gasteiger partial charge in [-0.25, -0.2) is 0 Å². The lowest BCUT2D eigenvalue weighted by Crippen LogP contribution is -2.17. The van der Waals surface area contributed by atoms with E-state index in [-0.39, 0.29) is 0 Å². The molecule has 0 radical (unpaired) electrons. The molecule has 0 aromatic heterocycles. The summed E-state index contributed by atoms with van der Waals surface area (Å²) in [4.78, 5) is 13.5. The number of ether oxygens (including phenoxy) is 1. The molecule has 0 fully saturated rings. The maximum absolute atomic E-state index is 11.3. The average Bonchev–Trinajstić information content (AvgIpc) is 2.28. The van der Waals surface area contributed by atoms with E-state index in [9.17, 15) is 4.79 Å². The van der Waals surface area contributed by atoms with Crippen LogP contribution in [0.5, 0.6) is 5.75 Å². The van der Waals surface area contributed by atoms with Gasteiger partial charge in [-0.05, 0) is 45.6 Å². The van der Waals surface area contributed by atoms with Crippen molar-refractivity contribution in [1.29, 1.82) is 0 Å². The van der Waals surface area contributed by atoms with Crippen LogP contribution in [0.1, 0.15) is 22.3 Å². The van der Waals surface area contributed by atoms with Crippen molar-refractivity contribution in [2.24, 2.45) is 5.73 Å². The van der Waals surface area contributed by atoms with Crippen LogP contribution >= 0.6 is 0 Å². The number of nitrogens with two attached hydrogens (primary N) is 1. The molecule has 1 amide bonds. The highest BCUT2D eigenvalue weighted by Gasteiger charge is 2.12. The number of primary amides is 1. The van der Waals surface area contributed by atoms with Crippen molar-refractivity contribution in [3.8, 4) is 5.75 Å². The van der Waals surface area contributed by atoms with Crippen molar-refractivity contribution < 1.29 is 9.53 Å². The van der Waals surface area contributed by atoms with Crippen molar-refractivity contribution in [1.82, 2.24) is 4.90 Å². The molecular weight excluding hydrogens is 216 g/mol. The van der Waals surface area contributed by atoms with Crippen molar-refractivity contribution in [2.45, 2.75) is 12.8 Å². The summed E-state index contributed by atoms with van der Waals surface area (Å²) in [5.74, 6) is 0.337. The van der Waals surface area contributed by atoms with Crippen LogP contribution in [-0.4, -0.2) is 38.6 Å². The third kappa shape index (κ3) is 3.75. The normalized spacial score (nSPS) is 10.6. The Kier molecular flexibility index (Phi) is 4.97. The predicted molar refractivity (Wildman–Crippen MR) is 68.4 cm³/mol. The molecule has 0 saturated heterocycles. The Morgan fingerprint density at radius 1 is 1.41 bits per heavy atom. The first-order valence-electron chi connectivity index (χ1n) is 5.66. The van der Waals surface area contributed by atoms with E-state index in [1.165, 1.54) is 0 Å². The second kappa shape index (κ2) is 6.25. The minimum atomic E-state index is -0.399. The second-order valence-corrected chi connectivity index (χ2v) is 4.26. The minimum Gasteiger partial charge on any atom is -0.496 e. The quantitative estimate of drug-likeness (QED) is 0.809.